The van der Waals surface area contributed by atoms with Crippen molar-refractivity contribution in [3.05, 3.63) is 31.5 Å². The summed E-state index contributed by atoms with van der Waals surface area (Å²) in [5.74, 6) is -0.621. The maximum absolute atomic E-state index is 12.5. The number of nitrogens with zero attached hydrogens (tertiary/aromatic N) is 1. The molecule has 1 fully saturated rings. The average molecular weight is 493 g/mol. The van der Waals surface area contributed by atoms with Crippen LogP contribution in [0.15, 0.2) is 26.0 Å². The number of esters is 1. The monoisotopic (exact) mass is 491 g/mol. The Bertz CT molecular complexity index is 763. The molecule has 2 amide bonds. The molecule has 0 aromatic heterocycles. The fraction of sp³-hybridized carbons (Fsp3) is 0.312. The van der Waals surface area contributed by atoms with Crippen LogP contribution in [0, 0.1) is 0 Å². The molecule has 1 aromatic carbocycles. The molecule has 1 saturated heterocycles. The number of hydrogen-bond donors (Lipinski definition) is 0. The van der Waals surface area contributed by atoms with Crippen molar-refractivity contribution in [2.45, 2.75) is 20.0 Å². The molecular weight excluding hydrogens is 478 g/mol. The van der Waals surface area contributed by atoms with Crippen molar-refractivity contribution < 1.29 is 23.9 Å². The second kappa shape index (κ2) is 8.37. The van der Waals surface area contributed by atoms with Crippen LogP contribution < -0.4 is 4.74 Å². The fourth-order valence-corrected chi connectivity index (χ4v) is 4.36. The third-order valence-electron chi connectivity index (χ3n) is 3.06. The van der Waals surface area contributed by atoms with Crippen LogP contribution in [0.1, 0.15) is 19.4 Å². The molecule has 0 saturated carbocycles. The van der Waals surface area contributed by atoms with Gasteiger partial charge in [-0.1, -0.05) is 15.9 Å². The van der Waals surface area contributed by atoms with Crippen molar-refractivity contribution in [2.75, 3.05) is 13.7 Å². The maximum Gasteiger partial charge on any atom is 0.326 e. The zero-order valence-electron chi connectivity index (χ0n) is 13.7. The maximum atomic E-state index is 12.5. The van der Waals surface area contributed by atoms with E-state index in [1.165, 1.54) is 7.11 Å². The molecule has 1 aliphatic heterocycles. The smallest absolute Gasteiger partial charge is 0.326 e. The van der Waals surface area contributed by atoms with E-state index >= 15 is 0 Å². The quantitative estimate of drug-likeness (QED) is 0.453. The number of benzene rings is 1. The van der Waals surface area contributed by atoms with Gasteiger partial charge in [-0.3, -0.25) is 19.3 Å². The summed E-state index contributed by atoms with van der Waals surface area (Å²) >= 11 is 7.54. The molecule has 0 aliphatic carbocycles. The first-order valence-electron chi connectivity index (χ1n) is 7.20. The molecule has 0 bridgehead atoms. The van der Waals surface area contributed by atoms with Gasteiger partial charge >= 0.3 is 5.97 Å². The second-order valence-corrected chi connectivity index (χ2v) is 8.08. The number of rotatable bonds is 5. The third-order valence-corrected chi connectivity index (χ3v) is 5.01. The standard InChI is InChI=1S/C16H15Br2NO5S/c1-8(2)24-13(20)7-19-15(21)12(25-16(19)22)5-9-4-10(17)6-11(18)14(9)23-3/h4-6,8H,7H2,1-3H3/b12-5-. The Hall–Kier alpha value is -1.32. The van der Waals surface area contributed by atoms with E-state index in [1.807, 2.05) is 6.07 Å². The van der Waals surface area contributed by atoms with E-state index < -0.39 is 23.7 Å². The molecule has 6 nitrogen and oxygen atoms in total. The minimum absolute atomic E-state index is 0.214. The summed E-state index contributed by atoms with van der Waals surface area (Å²) in [6, 6.07) is 3.58. The van der Waals surface area contributed by atoms with Crippen LogP contribution >= 0.6 is 43.6 Å². The molecule has 0 N–H and O–H groups in total. The number of thioether (sulfide) groups is 1. The van der Waals surface area contributed by atoms with Crippen molar-refractivity contribution >= 4 is 66.8 Å². The largest absolute Gasteiger partial charge is 0.495 e. The minimum atomic E-state index is -0.624. The van der Waals surface area contributed by atoms with Gasteiger partial charge in [0.25, 0.3) is 11.1 Å². The van der Waals surface area contributed by atoms with E-state index in [9.17, 15) is 14.4 Å². The molecule has 0 atom stereocenters. The van der Waals surface area contributed by atoms with Crippen LogP contribution in [0.2, 0.25) is 0 Å². The van der Waals surface area contributed by atoms with E-state index in [0.29, 0.717) is 15.8 Å². The number of methoxy groups -OCH3 is 1. The van der Waals surface area contributed by atoms with Gasteiger partial charge in [-0.25, -0.2) is 0 Å². The number of imide groups is 1. The number of carbonyl (C=O) groups is 3. The summed E-state index contributed by atoms with van der Waals surface area (Å²) in [6.45, 7) is 2.99. The van der Waals surface area contributed by atoms with Crippen molar-refractivity contribution in [2.24, 2.45) is 0 Å². The van der Waals surface area contributed by atoms with Crippen LogP contribution in [0.3, 0.4) is 0 Å². The number of ether oxygens (including phenoxy) is 2. The van der Waals surface area contributed by atoms with Gasteiger partial charge in [-0.15, -0.1) is 0 Å². The number of halogens is 2. The first-order chi connectivity index (χ1) is 11.7. The summed E-state index contributed by atoms with van der Waals surface area (Å²) < 4.78 is 11.8. The lowest BCUT2D eigenvalue weighted by molar-refractivity contribution is -0.149. The Morgan fingerprint density at radius 2 is 2.00 bits per heavy atom. The van der Waals surface area contributed by atoms with Crippen LogP contribution in [-0.2, 0) is 14.3 Å². The highest BCUT2D eigenvalue weighted by atomic mass is 79.9. The van der Waals surface area contributed by atoms with Gasteiger partial charge in [0.15, 0.2) is 0 Å². The molecule has 0 spiro atoms. The van der Waals surface area contributed by atoms with Gasteiger partial charge in [0.2, 0.25) is 0 Å². The third kappa shape index (κ3) is 4.86. The Morgan fingerprint density at radius 1 is 1.32 bits per heavy atom. The molecule has 9 heteroatoms. The molecule has 1 aromatic rings. The van der Waals surface area contributed by atoms with Crippen molar-refractivity contribution in [3.63, 3.8) is 0 Å². The molecule has 2 rings (SSSR count). The molecular formula is C16H15Br2NO5S. The van der Waals surface area contributed by atoms with E-state index in [4.69, 9.17) is 9.47 Å². The van der Waals surface area contributed by atoms with Gasteiger partial charge in [-0.2, -0.15) is 0 Å². The summed E-state index contributed by atoms with van der Waals surface area (Å²) in [6.07, 6.45) is 1.25. The highest BCUT2D eigenvalue weighted by Crippen LogP contribution is 2.38. The Kier molecular flexibility index (Phi) is 6.70. The van der Waals surface area contributed by atoms with Crippen molar-refractivity contribution in [1.29, 1.82) is 0 Å². The number of carbonyl (C=O) groups excluding carboxylic acids is 3. The van der Waals surface area contributed by atoms with E-state index in [1.54, 1.807) is 26.0 Å². The van der Waals surface area contributed by atoms with Gasteiger partial charge in [-0.05, 0) is 59.7 Å². The van der Waals surface area contributed by atoms with Crippen LogP contribution in [0.4, 0.5) is 4.79 Å². The lowest BCUT2D eigenvalue weighted by Crippen LogP contribution is -2.35. The minimum Gasteiger partial charge on any atom is -0.495 e. The van der Waals surface area contributed by atoms with Gasteiger partial charge in [0, 0.05) is 10.0 Å². The van der Waals surface area contributed by atoms with Crippen LogP contribution in [0.5, 0.6) is 5.75 Å². The zero-order chi connectivity index (χ0) is 18.7. The predicted octanol–water partition coefficient (Wildman–Crippen LogP) is 4.21. The van der Waals surface area contributed by atoms with Gasteiger partial charge in [0.05, 0.1) is 22.6 Å². The van der Waals surface area contributed by atoms with Crippen LogP contribution in [-0.4, -0.2) is 41.8 Å². The van der Waals surface area contributed by atoms with Crippen molar-refractivity contribution in [3.8, 4) is 5.75 Å². The van der Waals surface area contributed by atoms with Gasteiger partial charge < -0.3 is 9.47 Å². The highest BCUT2D eigenvalue weighted by Gasteiger charge is 2.37. The lowest BCUT2D eigenvalue weighted by Gasteiger charge is -2.13. The Balaban J connectivity index is 2.28. The molecule has 1 aliphatic rings. The SMILES string of the molecule is COc1c(Br)cc(Br)cc1/C=C1\SC(=O)N(CC(=O)OC(C)C)C1=O. The summed E-state index contributed by atoms with van der Waals surface area (Å²) in [5.41, 5.74) is 0.624. The molecule has 0 radical (unpaired) electrons. The fourth-order valence-electron chi connectivity index (χ4n) is 2.11. The van der Waals surface area contributed by atoms with E-state index in [-0.39, 0.29) is 11.0 Å². The number of hydrogen-bond acceptors (Lipinski definition) is 6. The van der Waals surface area contributed by atoms with E-state index in [2.05, 4.69) is 31.9 Å². The Morgan fingerprint density at radius 3 is 2.60 bits per heavy atom. The summed E-state index contributed by atoms with van der Waals surface area (Å²) in [5, 5.41) is -0.509. The predicted molar refractivity (Wildman–Crippen MR) is 102 cm³/mol. The van der Waals surface area contributed by atoms with E-state index in [0.717, 1.165) is 21.1 Å². The molecule has 25 heavy (non-hydrogen) atoms. The first kappa shape index (κ1) is 20.0. The number of amides is 2. The zero-order valence-corrected chi connectivity index (χ0v) is 17.7. The summed E-state index contributed by atoms with van der Waals surface area (Å²) in [7, 11) is 1.51. The van der Waals surface area contributed by atoms with Crippen LogP contribution in [0.25, 0.3) is 6.08 Å². The normalized spacial score (nSPS) is 16.1. The first-order valence-corrected chi connectivity index (χ1v) is 9.61. The van der Waals surface area contributed by atoms with Crippen molar-refractivity contribution in [1.82, 2.24) is 4.90 Å². The Labute approximate surface area is 166 Å². The highest BCUT2D eigenvalue weighted by molar-refractivity contribution is 9.11. The summed E-state index contributed by atoms with van der Waals surface area (Å²) in [4.78, 5) is 37.3. The second-order valence-electron chi connectivity index (χ2n) is 5.32. The van der Waals surface area contributed by atoms with Gasteiger partial charge in [0.1, 0.15) is 12.3 Å². The average Bonchev–Trinajstić information content (AvgIpc) is 2.73. The lowest BCUT2D eigenvalue weighted by atomic mass is 10.2. The molecule has 134 valence electrons. The topological polar surface area (TPSA) is 72.9 Å². The molecule has 1 heterocycles. The molecule has 0 unspecified atom stereocenters.